The van der Waals surface area contributed by atoms with Gasteiger partial charge in [-0.3, -0.25) is 19.4 Å². The van der Waals surface area contributed by atoms with Crippen LogP contribution in [-0.2, 0) is 16.0 Å². The second kappa shape index (κ2) is 8.21. The van der Waals surface area contributed by atoms with E-state index in [2.05, 4.69) is 19.0 Å². The molecule has 1 atom stereocenters. The molecule has 3 aromatic heterocycles. The van der Waals surface area contributed by atoms with Crippen LogP contribution in [0.2, 0.25) is 0 Å². The number of hydrogen-bond acceptors (Lipinski definition) is 8. The molecule has 0 aliphatic heterocycles. The zero-order valence-corrected chi connectivity index (χ0v) is 16.3. The molecule has 1 unspecified atom stereocenters. The topological polar surface area (TPSA) is 141 Å². The number of hydrogen-bond donors (Lipinski definition) is 2. The number of primary amides is 1. The third-order valence-corrected chi connectivity index (χ3v) is 5.02. The number of nitrogens with zero attached hydrogens (tertiary/aromatic N) is 3. The third-order valence-electron chi connectivity index (χ3n) is 4.49. The molecule has 0 bridgehead atoms. The summed E-state index contributed by atoms with van der Waals surface area (Å²) in [5.74, 6) is -2.70. The number of furan rings is 1. The van der Waals surface area contributed by atoms with Crippen LogP contribution in [0.5, 0.6) is 0 Å². The fourth-order valence-corrected chi connectivity index (χ4v) is 3.61. The molecule has 0 saturated carbocycles. The number of carbonyl (C=O) groups excluding carboxylic acids is 3. The molecule has 10 heteroatoms. The van der Waals surface area contributed by atoms with E-state index in [1.165, 1.54) is 6.26 Å². The van der Waals surface area contributed by atoms with E-state index in [1.54, 1.807) is 30.6 Å². The van der Waals surface area contributed by atoms with Crippen molar-refractivity contribution in [3.63, 3.8) is 0 Å². The van der Waals surface area contributed by atoms with Crippen molar-refractivity contribution in [1.82, 2.24) is 19.0 Å². The van der Waals surface area contributed by atoms with E-state index in [1.807, 2.05) is 18.2 Å². The van der Waals surface area contributed by atoms with Gasteiger partial charge < -0.3 is 15.5 Å². The minimum atomic E-state index is -1.18. The van der Waals surface area contributed by atoms with E-state index in [0.717, 1.165) is 17.1 Å². The SMILES string of the molecule is NC(=O)C(=O)C(Cc1coc2ccccc12)NC(=O)c1nsnc1-c1cccnc1. The number of aromatic nitrogens is 3. The molecule has 0 radical (unpaired) electrons. The Kier molecular flexibility index (Phi) is 5.31. The Hall–Kier alpha value is -3.92. The van der Waals surface area contributed by atoms with Gasteiger partial charge in [0.2, 0.25) is 5.78 Å². The summed E-state index contributed by atoms with van der Waals surface area (Å²) in [6.45, 7) is 0. The first kappa shape index (κ1) is 19.4. The highest BCUT2D eigenvalue weighted by Gasteiger charge is 2.29. The summed E-state index contributed by atoms with van der Waals surface area (Å²) < 4.78 is 13.7. The van der Waals surface area contributed by atoms with Gasteiger partial charge in [0.05, 0.1) is 18.0 Å². The zero-order chi connectivity index (χ0) is 21.1. The van der Waals surface area contributed by atoms with E-state index >= 15 is 0 Å². The maximum Gasteiger partial charge on any atom is 0.287 e. The van der Waals surface area contributed by atoms with Gasteiger partial charge in [0, 0.05) is 35.3 Å². The van der Waals surface area contributed by atoms with Crippen LogP contribution in [0.3, 0.4) is 0 Å². The summed E-state index contributed by atoms with van der Waals surface area (Å²) in [5.41, 5.74) is 7.47. The summed E-state index contributed by atoms with van der Waals surface area (Å²) in [5, 5.41) is 3.34. The number of rotatable bonds is 7. The molecule has 150 valence electrons. The number of benzene rings is 1. The summed E-state index contributed by atoms with van der Waals surface area (Å²) >= 11 is 0.858. The quantitative estimate of drug-likeness (QED) is 0.433. The van der Waals surface area contributed by atoms with Crippen molar-refractivity contribution >= 4 is 40.3 Å². The molecule has 0 spiro atoms. The van der Waals surface area contributed by atoms with Gasteiger partial charge in [-0.1, -0.05) is 18.2 Å². The average Bonchev–Trinajstić information content (AvgIpc) is 3.41. The maximum atomic E-state index is 12.9. The number of Topliss-reactive ketones (excluding diaryl/α,β-unsaturated/α-hetero) is 1. The van der Waals surface area contributed by atoms with Gasteiger partial charge in [0.1, 0.15) is 17.3 Å². The van der Waals surface area contributed by atoms with E-state index < -0.39 is 23.6 Å². The number of fused-ring (bicyclic) bond motifs is 1. The van der Waals surface area contributed by atoms with Gasteiger partial charge in [-0.05, 0) is 18.2 Å². The average molecular weight is 421 g/mol. The molecule has 0 aliphatic rings. The standard InChI is InChI=1S/C20H15N5O4S/c21-19(27)18(26)14(8-12-10-29-15-6-2-1-5-13(12)15)23-20(28)17-16(24-30-25-17)11-4-3-7-22-9-11/h1-7,9-10,14H,8H2,(H2,21,27)(H,23,28). The normalized spacial score (nSPS) is 11.9. The molecule has 1 aromatic carbocycles. The van der Waals surface area contributed by atoms with Gasteiger partial charge in [-0.25, -0.2) is 0 Å². The molecule has 0 aliphatic carbocycles. The molecule has 0 fully saturated rings. The monoisotopic (exact) mass is 421 g/mol. The van der Waals surface area contributed by atoms with Crippen molar-refractivity contribution in [2.75, 3.05) is 0 Å². The lowest BCUT2D eigenvalue weighted by atomic mass is 10.0. The van der Waals surface area contributed by atoms with Crippen LogP contribution < -0.4 is 11.1 Å². The molecular weight excluding hydrogens is 406 g/mol. The van der Waals surface area contributed by atoms with Gasteiger partial charge in [0.25, 0.3) is 11.8 Å². The van der Waals surface area contributed by atoms with E-state index in [-0.39, 0.29) is 12.1 Å². The Morgan fingerprint density at radius 2 is 1.97 bits per heavy atom. The highest BCUT2D eigenvalue weighted by molar-refractivity contribution is 6.99. The van der Waals surface area contributed by atoms with Gasteiger partial charge in [0.15, 0.2) is 5.69 Å². The molecule has 4 aromatic rings. The number of nitrogens with two attached hydrogens (primary N) is 1. The number of para-hydroxylation sites is 1. The first-order chi connectivity index (χ1) is 14.5. The number of ketones is 1. The predicted octanol–water partition coefficient (Wildman–Crippen LogP) is 1.74. The number of carbonyl (C=O) groups is 3. The fraction of sp³-hybridized carbons (Fsp3) is 0.100. The van der Waals surface area contributed by atoms with Crippen LogP contribution >= 0.6 is 11.7 Å². The van der Waals surface area contributed by atoms with Gasteiger partial charge in [-0.15, -0.1) is 0 Å². The van der Waals surface area contributed by atoms with Crippen molar-refractivity contribution in [2.24, 2.45) is 5.73 Å². The van der Waals surface area contributed by atoms with Crippen LogP contribution in [0.4, 0.5) is 0 Å². The van der Waals surface area contributed by atoms with Crippen molar-refractivity contribution in [2.45, 2.75) is 12.5 Å². The number of amides is 2. The lowest BCUT2D eigenvalue weighted by molar-refractivity contribution is -0.137. The number of pyridine rings is 1. The van der Waals surface area contributed by atoms with Gasteiger partial charge >= 0.3 is 0 Å². The predicted molar refractivity (Wildman–Crippen MR) is 109 cm³/mol. The van der Waals surface area contributed by atoms with Crippen LogP contribution in [-0.4, -0.2) is 37.4 Å². The van der Waals surface area contributed by atoms with Crippen LogP contribution in [0, 0.1) is 0 Å². The summed E-state index contributed by atoms with van der Waals surface area (Å²) in [4.78, 5) is 40.8. The molecule has 0 saturated heterocycles. The second-order valence-corrected chi connectivity index (χ2v) is 6.95. The Balaban J connectivity index is 1.62. The first-order valence-electron chi connectivity index (χ1n) is 8.87. The van der Waals surface area contributed by atoms with E-state index in [4.69, 9.17) is 10.2 Å². The minimum absolute atomic E-state index is 0.0321. The molecule has 9 nitrogen and oxygen atoms in total. The van der Waals surface area contributed by atoms with Crippen LogP contribution in [0.1, 0.15) is 16.1 Å². The molecule has 3 heterocycles. The summed E-state index contributed by atoms with van der Waals surface area (Å²) in [6, 6.07) is 9.52. The van der Waals surface area contributed by atoms with E-state index in [0.29, 0.717) is 22.4 Å². The second-order valence-electron chi connectivity index (χ2n) is 6.42. The number of nitrogens with one attached hydrogen (secondary N) is 1. The van der Waals surface area contributed by atoms with Crippen molar-refractivity contribution in [3.05, 3.63) is 66.3 Å². The van der Waals surface area contributed by atoms with Crippen molar-refractivity contribution < 1.29 is 18.8 Å². The largest absolute Gasteiger partial charge is 0.464 e. The maximum absolute atomic E-state index is 12.9. The third kappa shape index (κ3) is 3.80. The Bertz CT molecular complexity index is 1230. The summed E-state index contributed by atoms with van der Waals surface area (Å²) in [7, 11) is 0. The molecule has 3 N–H and O–H groups in total. The Morgan fingerprint density at radius 3 is 2.73 bits per heavy atom. The zero-order valence-electron chi connectivity index (χ0n) is 15.4. The Morgan fingerprint density at radius 1 is 1.13 bits per heavy atom. The lowest BCUT2D eigenvalue weighted by Gasteiger charge is -2.15. The minimum Gasteiger partial charge on any atom is -0.464 e. The van der Waals surface area contributed by atoms with Crippen LogP contribution in [0.15, 0.2) is 59.5 Å². The molecule has 30 heavy (non-hydrogen) atoms. The lowest BCUT2D eigenvalue weighted by Crippen LogP contribution is -2.47. The summed E-state index contributed by atoms with van der Waals surface area (Å²) in [6.07, 6.45) is 4.67. The molecular formula is C20H15N5O4S. The van der Waals surface area contributed by atoms with E-state index in [9.17, 15) is 14.4 Å². The van der Waals surface area contributed by atoms with Crippen molar-refractivity contribution in [1.29, 1.82) is 0 Å². The van der Waals surface area contributed by atoms with Crippen molar-refractivity contribution in [3.8, 4) is 11.3 Å². The fourth-order valence-electron chi connectivity index (χ4n) is 3.05. The Labute approximate surface area is 174 Å². The highest BCUT2D eigenvalue weighted by Crippen LogP contribution is 2.23. The first-order valence-corrected chi connectivity index (χ1v) is 9.60. The van der Waals surface area contributed by atoms with Crippen LogP contribution in [0.25, 0.3) is 22.2 Å². The van der Waals surface area contributed by atoms with Gasteiger partial charge in [-0.2, -0.15) is 8.75 Å². The molecule has 2 amide bonds. The smallest absolute Gasteiger partial charge is 0.287 e. The molecule has 4 rings (SSSR count). The highest BCUT2D eigenvalue weighted by atomic mass is 32.1.